The number of aliphatic carboxylic acids is 2. The Morgan fingerprint density at radius 1 is 0.529 bits per heavy atom. The molecule has 11 aromatic carbocycles. The predicted molar refractivity (Wildman–Crippen MR) is 462 cm³/mol. The van der Waals surface area contributed by atoms with Crippen LogP contribution in [0.1, 0.15) is 94.1 Å². The maximum Gasteiger partial charge on any atom is 0.339 e. The van der Waals surface area contributed by atoms with Gasteiger partial charge in [-0.25, -0.2) is 14.8 Å². The van der Waals surface area contributed by atoms with E-state index in [1.807, 2.05) is 133 Å². The number of benzene rings is 11. The van der Waals surface area contributed by atoms with Crippen LogP contribution < -0.4 is 32.8 Å². The fraction of sp³-hybridized carbons (Fsp3) is 0.0879. The van der Waals surface area contributed by atoms with Crippen molar-refractivity contribution in [3.05, 3.63) is 359 Å². The molecule has 26 nitrogen and oxygen atoms in total. The highest BCUT2D eigenvalue weighted by molar-refractivity contribution is 8.24. The molecule has 17 rings (SSSR count). The van der Waals surface area contributed by atoms with E-state index in [2.05, 4.69) is 90.3 Å². The number of para-hydroxylation sites is 2. The Bertz CT molecular complexity index is 6500. The van der Waals surface area contributed by atoms with E-state index >= 15 is 0 Å². The number of hydrogen-bond acceptors (Lipinski definition) is 22. The molecule has 0 spiro atoms. The number of nitrogens with one attached hydrogen (secondary N) is 3. The number of carboxylic acids is 2. The average Bonchev–Trinajstić information content (AvgIpc) is 0.767. The molecule has 0 fully saturated rings. The van der Waals surface area contributed by atoms with Crippen molar-refractivity contribution in [2.24, 2.45) is 0 Å². The molecule has 30 heteroatoms. The number of amides is 1. The first-order valence-electron chi connectivity index (χ1n) is 36.7. The molecule has 4 aromatic heterocycles. The number of aryl methyl sites for hydroxylation is 2. The maximum atomic E-state index is 12.4. The molecule has 2 aliphatic rings. The largest absolute Gasteiger partial charge is 0.508 e. The molecule has 0 bridgehead atoms. The van der Waals surface area contributed by atoms with Crippen LogP contribution in [0.25, 0.3) is 66.7 Å². The van der Waals surface area contributed by atoms with E-state index < -0.39 is 34.6 Å². The average molecular weight is 1710 g/mol. The molecule has 13 N–H and O–H groups in total. The van der Waals surface area contributed by atoms with E-state index in [1.54, 1.807) is 60.7 Å². The molecular weight excluding hydrogens is 1630 g/mol. The number of halogens is 3. The number of carbonyl (C=O) groups excluding carboxylic acids is 3. The highest BCUT2D eigenvalue weighted by atomic mass is 36.0. The molecule has 121 heavy (non-hydrogen) atoms. The van der Waals surface area contributed by atoms with Gasteiger partial charge in [-0.2, -0.15) is 4.98 Å². The second kappa shape index (κ2) is 39.5. The number of anilines is 2. The van der Waals surface area contributed by atoms with Crippen LogP contribution in [0.4, 0.5) is 11.6 Å². The monoisotopic (exact) mass is 1700 g/mol. The van der Waals surface area contributed by atoms with Gasteiger partial charge in [-0.3, -0.25) is 43.1 Å². The van der Waals surface area contributed by atoms with Crippen LogP contribution in [0.2, 0.25) is 0 Å². The van der Waals surface area contributed by atoms with Crippen molar-refractivity contribution < 1.29 is 78.2 Å². The van der Waals surface area contributed by atoms with Gasteiger partial charge in [0.1, 0.15) is 74.5 Å². The molecule has 4 heterocycles. The fourth-order valence-corrected chi connectivity index (χ4v) is 12.9. The molecule has 0 saturated heterocycles. The number of ketones is 2. The highest BCUT2D eigenvalue weighted by Gasteiger charge is 2.26. The van der Waals surface area contributed by atoms with Gasteiger partial charge in [0.2, 0.25) is 11.4 Å². The number of fused-ring (bicyclic) bond motifs is 7. The Morgan fingerprint density at radius 2 is 1.01 bits per heavy atom. The number of rotatable bonds is 12. The molecule has 15 aromatic rings. The number of H-pyrrole nitrogens is 1. The van der Waals surface area contributed by atoms with Crippen LogP contribution in [0.3, 0.4) is 0 Å². The smallest absolute Gasteiger partial charge is 0.339 e. The lowest BCUT2D eigenvalue weighted by atomic mass is 9.84. The molecule has 1 unspecified atom stereocenters. The molecule has 1 atom stereocenters. The zero-order valence-corrected chi connectivity index (χ0v) is 67.2. The lowest BCUT2D eigenvalue weighted by molar-refractivity contribution is -0.140. The summed E-state index contributed by atoms with van der Waals surface area (Å²) >= 11 is 13.8. The summed E-state index contributed by atoms with van der Waals surface area (Å²) in [6.45, 7) is 4.38. The van der Waals surface area contributed by atoms with Gasteiger partial charge < -0.3 is 66.1 Å². The van der Waals surface area contributed by atoms with Gasteiger partial charge in [0.25, 0.3) is 11.5 Å². The molecule has 1 amide bonds. The minimum atomic E-state index is -3.22. The van der Waals surface area contributed by atoms with Crippen molar-refractivity contribution in [3.8, 4) is 68.1 Å². The van der Waals surface area contributed by atoms with Crippen LogP contribution >= 0.6 is 38.9 Å². The van der Waals surface area contributed by atoms with Crippen molar-refractivity contribution in [3.63, 3.8) is 0 Å². The third-order valence-corrected chi connectivity index (χ3v) is 18.5. The summed E-state index contributed by atoms with van der Waals surface area (Å²) < 4.78 is 20.4. The number of carbonyl (C=O) groups is 5. The first-order valence-corrected chi connectivity index (χ1v) is 41.1. The van der Waals surface area contributed by atoms with Crippen molar-refractivity contribution in [1.29, 1.82) is 0 Å². The van der Waals surface area contributed by atoms with Crippen molar-refractivity contribution in [2.45, 2.75) is 52.1 Å². The fourth-order valence-electron chi connectivity index (χ4n) is 12.9. The summed E-state index contributed by atoms with van der Waals surface area (Å²) in [7, 11) is 0. The predicted octanol–water partition coefficient (Wildman–Crippen LogP) is 17.5. The van der Waals surface area contributed by atoms with Crippen molar-refractivity contribution in [2.75, 3.05) is 11.1 Å². The van der Waals surface area contributed by atoms with E-state index in [0.717, 1.165) is 75.0 Å². The Morgan fingerprint density at radius 3 is 1.54 bits per heavy atom. The number of aromatic amines is 1. The van der Waals surface area contributed by atoms with E-state index in [4.69, 9.17) is 24.8 Å². The number of phenolic OH excluding ortho intramolecular Hbond substituents is 6. The standard InChI is InChI=1S/C19H19N7O6.C16H14O.2C15H10O4.C14H10O.C12H10O2.Cl3OP/c20-19-25-15-14(17(30)26-19)22-8-11(23-15)7-21-10-3-1-9(2-4-10)16(29)24-12(18(31)32)5-6-13(27)28;1-10-3-5-14-12(7-10)9-13-8-11(2)4-6-15(13)16(14)17;16-10-6-12(17)14-13(7-10)19-8-11(15(14)18)9-4-2-1-3-5-9;16-10-6-11(17)15-12(18)8-13(19-14(15)7-10)9-4-2-1-3-5-9;15-14-12-7-3-1-5-10(12)9-11-6-2-4-8-13(11)14;13-11-7-3-1-5-9(11)10-6-2-4-8-12(10)14;1-5(2,3)4/h1-4,8,12,21H,5-7H2,(H,24,29)(H,27,28)(H,31,32)(H3,20,23,25,26,30);3-8H,9H2,1-2H3;2*1-8,16-17H;1-8H,9H2;1-8,13-14H;. The number of phenols is 6. The van der Waals surface area contributed by atoms with Crippen LogP contribution in [0.15, 0.2) is 284 Å². The third-order valence-electron chi connectivity index (χ3n) is 18.5. The van der Waals surface area contributed by atoms with Crippen LogP contribution in [-0.4, -0.2) is 96.2 Å². The Kier molecular flexibility index (Phi) is 28.5. The van der Waals surface area contributed by atoms with Gasteiger partial charge in [0.05, 0.1) is 24.0 Å². The lowest BCUT2D eigenvalue weighted by Gasteiger charge is -2.19. The summed E-state index contributed by atoms with van der Waals surface area (Å²) in [5.74, 6) is -2.98. The van der Waals surface area contributed by atoms with Crippen LogP contribution in [0, 0.1) is 13.8 Å². The zero-order valence-electron chi connectivity index (χ0n) is 64.0. The van der Waals surface area contributed by atoms with E-state index in [0.29, 0.717) is 39.4 Å². The number of nitrogens with two attached hydrogens (primary N) is 1. The summed E-state index contributed by atoms with van der Waals surface area (Å²) in [5, 5.41) is 77.5. The van der Waals surface area contributed by atoms with E-state index in [1.165, 1.54) is 53.9 Å². The van der Waals surface area contributed by atoms with Gasteiger partial charge in [-0.05, 0) is 131 Å². The number of hydrogen-bond donors (Lipinski definition) is 12. The number of carboxylic acid groups (broad SMARTS) is 2. The summed E-state index contributed by atoms with van der Waals surface area (Å²) in [6.07, 6.45) is 3.90. The minimum absolute atomic E-state index is 0.0659. The first kappa shape index (κ1) is 87.2. The summed E-state index contributed by atoms with van der Waals surface area (Å²) in [6, 6.07) is 71.0. The second-order valence-electron chi connectivity index (χ2n) is 27.2. The Balaban J connectivity index is 0.000000143. The molecular formula is C91H73Cl3N7O19P. The van der Waals surface area contributed by atoms with E-state index in [9.17, 15) is 73.6 Å². The molecule has 2 aliphatic carbocycles. The number of aromatic hydroxyl groups is 6. The number of nitrogen functional groups attached to an aromatic ring is 1. The van der Waals surface area contributed by atoms with Crippen LogP contribution in [-0.2, 0) is 33.5 Å². The zero-order chi connectivity index (χ0) is 86.8. The Labute approximate surface area is 702 Å². The number of aromatic nitrogens is 4. The molecule has 612 valence electrons. The lowest BCUT2D eigenvalue weighted by Crippen LogP contribution is -2.41. The van der Waals surface area contributed by atoms with E-state index in [-0.39, 0.29) is 121 Å². The topological polar surface area (TPSA) is 446 Å². The van der Waals surface area contributed by atoms with Gasteiger partial charge in [-0.15, -0.1) is 0 Å². The summed E-state index contributed by atoms with van der Waals surface area (Å²) in [5.41, 5.74) is 19.8. The SMILES string of the molecule is Cc1ccc2c(c1)Cc1cc(C)ccc1C2=O.Nc1nc2nc(CNc3ccc(C(=O)NC(CCC(=O)O)C(=O)O)cc3)cnc2c(=O)[nH]1.O=C1c2ccccc2Cc2ccccc21.O=P(Cl)(Cl)Cl.O=c1c(-c2ccccc2)coc2cc(O)cc(O)c12.O=c1cc(-c2ccccc2)oc2cc(O)cc(O)c12.Oc1ccccc1-c1ccccc1O. The van der Waals surface area contributed by atoms with Gasteiger partial charge in [0, 0.05) is 86.9 Å². The van der Waals surface area contributed by atoms with Crippen LogP contribution in [0.5, 0.6) is 34.5 Å². The van der Waals surface area contributed by atoms with Gasteiger partial charge >= 0.3 is 17.1 Å². The normalized spacial score (nSPS) is 11.6. The molecule has 0 saturated carbocycles. The second-order valence-corrected chi connectivity index (χ2v) is 33.8. The first-order chi connectivity index (χ1) is 57.8. The minimum Gasteiger partial charge on any atom is -0.508 e. The van der Waals surface area contributed by atoms with Gasteiger partial charge in [0.15, 0.2) is 28.2 Å². The molecule has 0 aliphatic heterocycles. The molecule has 0 radical (unpaired) electrons. The maximum absolute atomic E-state index is 12.4. The van der Waals surface area contributed by atoms with Gasteiger partial charge in [-0.1, -0.05) is 193 Å². The van der Waals surface area contributed by atoms with Crippen molar-refractivity contribution >= 4 is 113 Å². The third kappa shape index (κ3) is 22.9. The van der Waals surface area contributed by atoms with Crippen molar-refractivity contribution in [1.82, 2.24) is 25.3 Å². The Hall–Kier alpha value is -14.7. The highest BCUT2D eigenvalue weighted by Crippen LogP contribution is 2.61. The summed E-state index contributed by atoms with van der Waals surface area (Å²) in [4.78, 5) is 109. The quantitative estimate of drug-likeness (QED) is 0.0505. The number of nitrogens with zero attached hydrogens (tertiary/aromatic N) is 3.